The normalized spacial score (nSPS) is 11.4. The first-order chi connectivity index (χ1) is 16.9. The molecule has 13 heteroatoms. The van der Waals surface area contributed by atoms with Gasteiger partial charge in [-0.1, -0.05) is 39.0 Å². The number of aliphatic hydroxyl groups excluding tert-OH is 1. The van der Waals surface area contributed by atoms with Crippen LogP contribution in [0.15, 0.2) is 0 Å². The Morgan fingerprint density at radius 1 is 0.457 bits per heavy atom. The van der Waals surface area contributed by atoms with Gasteiger partial charge in [0.2, 0.25) is 0 Å². The molecule has 0 aliphatic heterocycles. The second-order valence-corrected chi connectivity index (χ2v) is 8.12. The van der Waals surface area contributed by atoms with Gasteiger partial charge in [0.1, 0.15) is 0 Å². The average molecular weight is 537 g/mol. The third kappa shape index (κ3) is 47.4. The molecular formula is C22H48O12S. The molecule has 12 nitrogen and oxygen atoms in total. The van der Waals surface area contributed by atoms with Crippen LogP contribution in [0.4, 0.5) is 0 Å². The van der Waals surface area contributed by atoms with Crippen LogP contribution in [0, 0.1) is 0 Å². The van der Waals surface area contributed by atoms with Gasteiger partial charge < -0.3 is 38.3 Å². The van der Waals surface area contributed by atoms with Gasteiger partial charge in [0.05, 0.1) is 92.5 Å². The molecule has 0 bridgehead atoms. The van der Waals surface area contributed by atoms with Crippen molar-refractivity contribution in [2.75, 3.05) is 99.1 Å². The van der Waals surface area contributed by atoms with Gasteiger partial charge in [0.25, 0.3) is 0 Å². The van der Waals surface area contributed by atoms with E-state index in [4.69, 9.17) is 55.8 Å². The van der Waals surface area contributed by atoms with Gasteiger partial charge in [-0.25, -0.2) is 0 Å². The molecule has 0 saturated heterocycles. The highest BCUT2D eigenvalue weighted by atomic mass is 32.3. The van der Waals surface area contributed by atoms with Crippen molar-refractivity contribution in [3.63, 3.8) is 0 Å². The Kier molecular flexibility index (Phi) is 33.1. The summed E-state index contributed by atoms with van der Waals surface area (Å²) in [5.41, 5.74) is 0. The van der Waals surface area contributed by atoms with E-state index in [2.05, 4.69) is 6.92 Å². The van der Waals surface area contributed by atoms with Crippen LogP contribution in [0.2, 0.25) is 0 Å². The quantitative estimate of drug-likeness (QED) is 0.103. The first-order valence-corrected chi connectivity index (χ1v) is 13.7. The molecule has 0 unspecified atom stereocenters. The largest absolute Gasteiger partial charge is 0.394 e. The van der Waals surface area contributed by atoms with Crippen molar-refractivity contribution in [1.29, 1.82) is 0 Å². The van der Waals surface area contributed by atoms with E-state index in [0.29, 0.717) is 85.9 Å². The smallest absolute Gasteiger partial charge is 0.394 e. The second kappa shape index (κ2) is 31.6. The van der Waals surface area contributed by atoms with E-state index >= 15 is 0 Å². The van der Waals surface area contributed by atoms with Crippen LogP contribution >= 0.6 is 0 Å². The summed E-state index contributed by atoms with van der Waals surface area (Å²) < 4.78 is 69.2. The molecular weight excluding hydrogens is 488 g/mol. The van der Waals surface area contributed by atoms with Crippen molar-refractivity contribution < 1.29 is 55.8 Å². The molecule has 0 atom stereocenters. The maximum absolute atomic E-state index is 8.74. The van der Waals surface area contributed by atoms with Gasteiger partial charge in [-0.05, 0) is 6.42 Å². The monoisotopic (exact) mass is 536 g/mol. The van der Waals surface area contributed by atoms with Crippen LogP contribution in [-0.2, 0) is 43.6 Å². The summed E-state index contributed by atoms with van der Waals surface area (Å²) in [4.78, 5) is 0. The SMILES string of the molecule is CCCCCCCCOCCOCCOCCOCCOCCOCCOCCO.O=S(=O)(O)O. The third-order valence-corrected chi connectivity index (χ3v) is 4.11. The van der Waals surface area contributed by atoms with Crippen molar-refractivity contribution in [3.8, 4) is 0 Å². The summed E-state index contributed by atoms with van der Waals surface area (Å²) >= 11 is 0. The molecule has 0 aromatic rings. The van der Waals surface area contributed by atoms with Gasteiger partial charge in [-0.3, -0.25) is 9.11 Å². The third-order valence-electron chi connectivity index (χ3n) is 4.11. The van der Waals surface area contributed by atoms with E-state index in [1.807, 2.05) is 0 Å². The Morgan fingerprint density at radius 2 is 0.714 bits per heavy atom. The molecule has 3 N–H and O–H groups in total. The van der Waals surface area contributed by atoms with E-state index < -0.39 is 10.4 Å². The van der Waals surface area contributed by atoms with Crippen molar-refractivity contribution in [2.45, 2.75) is 45.4 Å². The fourth-order valence-electron chi connectivity index (χ4n) is 2.47. The topological polar surface area (TPSA) is 159 Å². The Hall–Kier alpha value is -0.450. The Labute approximate surface area is 211 Å². The van der Waals surface area contributed by atoms with Gasteiger partial charge in [0.15, 0.2) is 0 Å². The standard InChI is InChI=1S/C22H46O8.H2O4S/c1-2-3-4-5-6-7-9-24-11-13-26-15-17-28-19-21-30-22-20-29-18-16-27-14-12-25-10-8-23;1-5(2,3)4/h23H,2-22H2,1H3;(H2,1,2,3,4). The van der Waals surface area contributed by atoms with Gasteiger partial charge >= 0.3 is 10.4 Å². The maximum atomic E-state index is 8.74. The summed E-state index contributed by atoms with van der Waals surface area (Å²) in [6.07, 6.45) is 7.71. The van der Waals surface area contributed by atoms with E-state index in [1.54, 1.807) is 0 Å². The zero-order chi connectivity index (χ0) is 26.3. The van der Waals surface area contributed by atoms with Gasteiger partial charge in [-0.2, -0.15) is 8.42 Å². The summed E-state index contributed by atoms with van der Waals surface area (Å²) in [5.74, 6) is 0. The van der Waals surface area contributed by atoms with E-state index in [9.17, 15) is 0 Å². The Morgan fingerprint density at radius 3 is 1.03 bits per heavy atom. The zero-order valence-corrected chi connectivity index (χ0v) is 22.1. The fraction of sp³-hybridized carbons (Fsp3) is 1.00. The number of aliphatic hydroxyl groups is 1. The van der Waals surface area contributed by atoms with Crippen molar-refractivity contribution in [3.05, 3.63) is 0 Å². The highest BCUT2D eigenvalue weighted by Crippen LogP contribution is 2.04. The molecule has 0 spiro atoms. The number of hydrogen-bond donors (Lipinski definition) is 3. The summed E-state index contributed by atoms with van der Waals surface area (Å²) in [5, 5.41) is 8.54. The van der Waals surface area contributed by atoms with E-state index in [1.165, 1.54) is 32.1 Å². The lowest BCUT2D eigenvalue weighted by atomic mass is 10.1. The highest BCUT2D eigenvalue weighted by Gasteiger charge is 1.95. The van der Waals surface area contributed by atoms with Crippen LogP contribution in [0.25, 0.3) is 0 Å². The first-order valence-electron chi connectivity index (χ1n) is 12.3. The average Bonchev–Trinajstić information content (AvgIpc) is 2.80. The molecule has 0 saturated carbocycles. The molecule has 35 heavy (non-hydrogen) atoms. The minimum absolute atomic E-state index is 0.0385. The molecule has 0 amide bonds. The molecule has 0 aromatic heterocycles. The highest BCUT2D eigenvalue weighted by molar-refractivity contribution is 7.79. The van der Waals surface area contributed by atoms with Crippen LogP contribution in [-0.4, -0.2) is 122 Å². The molecule has 0 rings (SSSR count). The van der Waals surface area contributed by atoms with Crippen molar-refractivity contribution in [1.82, 2.24) is 0 Å². The van der Waals surface area contributed by atoms with Crippen molar-refractivity contribution in [2.24, 2.45) is 0 Å². The predicted molar refractivity (Wildman–Crippen MR) is 130 cm³/mol. The summed E-state index contributed by atoms with van der Waals surface area (Å²) in [7, 11) is -4.67. The molecule has 0 fully saturated rings. The second-order valence-electron chi connectivity index (χ2n) is 7.23. The minimum Gasteiger partial charge on any atom is -0.394 e. The Balaban J connectivity index is 0. The molecule has 214 valence electrons. The van der Waals surface area contributed by atoms with Crippen LogP contribution in [0.1, 0.15) is 45.4 Å². The Bertz CT molecular complexity index is 443. The molecule has 0 radical (unpaired) electrons. The molecule has 0 aliphatic rings. The lowest BCUT2D eigenvalue weighted by molar-refractivity contribution is -0.0215. The summed E-state index contributed by atoms with van der Waals surface area (Å²) in [6, 6.07) is 0. The molecule has 0 heterocycles. The van der Waals surface area contributed by atoms with Crippen LogP contribution in [0.3, 0.4) is 0 Å². The maximum Gasteiger partial charge on any atom is 0.394 e. The number of ether oxygens (including phenoxy) is 7. The van der Waals surface area contributed by atoms with Gasteiger partial charge in [-0.15, -0.1) is 0 Å². The van der Waals surface area contributed by atoms with Crippen molar-refractivity contribution >= 4 is 10.4 Å². The van der Waals surface area contributed by atoms with Gasteiger partial charge in [0, 0.05) is 6.61 Å². The minimum atomic E-state index is -4.67. The van der Waals surface area contributed by atoms with E-state index in [0.717, 1.165) is 13.0 Å². The zero-order valence-electron chi connectivity index (χ0n) is 21.3. The lowest BCUT2D eigenvalue weighted by Gasteiger charge is -2.08. The lowest BCUT2D eigenvalue weighted by Crippen LogP contribution is -2.14. The first kappa shape index (κ1) is 36.7. The van der Waals surface area contributed by atoms with Crippen LogP contribution < -0.4 is 0 Å². The van der Waals surface area contributed by atoms with Crippen LogP contribution in [0.5, 0.6) is 0 Å². The summed E-state index contributed by atoms with van der Waals surface area (Å²) in [6.45, 7) is 10.1. The number of rotatable bonds is 27. The fourth-order valence-corrected chi connectivity index (χ4v) is 2.47. The molecule has 0 aromatic carbocycles. The number of unbranched alkanes of at least 4 members (excludes halogenated alkanes) is 5. The molecule has 0 aliphatic carbocycles. The number of hydrogen-bond acceptors (Lipinski definition) is 10. The predicted octanol–water partition coefficient (Wildman–Crippen LogP) is 1.80. The van der Waals surface area contributed by atoms with E-state index in [-0.39, 0.29) is 6.61 Å².